The van der Waals surface area contributed by atoms with E-state index in [1.807, 2.05) is 32.0 Å². The van der Waals surface area contributed by atoms with E-state index >= 15 is 0 Å². The van der Waals surface area contributed by atoms with E-state index in [2.05, 4.69) is 0 Å². The second-order valence-corrected chi connectivity index (χ2v) is 6.10. The van der Waals surface area contributed by atoms with E-state index in [9.17, 15) is 18.0 Å². The molecule has 0 amide bonds. The van der Waals surface area contributed by atoms with Crippen LogP contribution in [0, 0.1) is 25.7 Å². The molecule has 1 aliphatic carbocycles. The largest absolute Gasteiger partial charge is 0.391 e. The molecule has 0 aliphatic heterocycles. The molecule has 1 aliphatic rings. The summed E-state index contributed by atoms with van der Waals surface area (Å²) in [7, 11) is 0. The number of hydrogen-bond donors (Lipinski definition) is 0. The quantitative estimate of drug-likeness (QED) is 0.784. The summed E-state index contributed by atoms with van der Waals surface area (Å²) in [5.74, 6) is -1.34. The third kappa shape index (κ3) is 3.86. The average molecular weight is 298 g/mol. The zero-order valence-electron chi connectivity index (χ0n) is 12.5. The van der Waals surface area contributed by atoms with Crippen LogP contribution in [0.2, 0.25) is 0 Å². The van der Waals surface area contributed by atoms with Crippen LogP contribution in [0.3, 0.4) is 0 Å². The fourth-order valence-corrected chi connectivity index (χ4v) is 3.19. The fourth-order valence-electron chi connectivity index (χ4n) is 3.19. The molecular formula is C17H21F3O. The van der Waals surface area contributed by atoms with E-state index in [1.54, 1.807) is 0 Å². The molecule has 1 fully saturated rings. The number of carbonyl (C=O) groups is 1. The van der Waals surface area contributed by atoms with E-state index in [4.69, 9.17) is 0 Å². The summed E-state index contributed by atoms with van der Waals surface area (Å²) in [5.41, 5.74) is 3.18. The first-order valence-corrected chi connectivity index (χ1v) is 7.43. The van der Waals surface area contributed by atoms with Crippen LogP contribution >= 0.6 is 0 Å². The van der Waals surface area contributed by atoms with Crippen LogP contribution in [0.5, 0.6) is 0 Å². The predicted molar refractivity (Wildman–Crippen MR) is 76.1 cm³/mol. The molecule has 0 N–H and O–H groups in total. The maximum absolute atomic E-state index is 12.6. The molecule has 0 heterocycles. The van der Waals surface area contributed by atoms with Crippen molar-refractivity contribution in [3.63, 3.8) is 0 Å². The van der Waals surface area contributed by atoms with E-state index in [0.717, 1.165) is 16.7 Å². The van der Waals surface area contributed by atoms with Crippen LogP contribution < -0.4 is 0 Å². The molecule has 1 nitrogen and oxygen atoms in total. The van der Waals surface area contributed by atoms with Gasteiger partial charge in [-0.05, 0) is 56.2 Å². The minimum atomic E-state index is -4.11. The number of rotatable bonds is 3. The number of benzene rings is 1. The lowest BCUT2D eigenvalue weighted by Crippen LogP contribution is -2.31. The molecule has 0 aromatic heterocycles. The van der Waals surface area contributed by atoms with Gasteiger partial charge in [-0.1, -0.05) is 18.2 Å². The zero-order chi connectivity index (χ0) is 15.6. The summed E-state index contributed by atoms with van der Waals surface area (Å²) in [5, 5.41) is 0. The number of carbonyl (C=O) groups excluding carboxylic acids is 1. The van der Waals surface area contributed by atoms with Gasteiger partial charge in [-0.15, -0.1) is 0 Å². The van der Waals surface area contributed by atoms with Crippen LogP contribution in [-0.2, 0) is 11.2 Å². The highest BCUT2D eigenvalue weighted by atomic mass is 19.4. The van der Waals surface area contributed by atoms with Crippen LogP contribution in [-0.4, -0.2) is 12.0 Å². The van der Waals surface area contributed by atoms with E-state index in [0.29, 0.717) is 19.3 Å². The van der Waals surface area contributed by atoms with Gasteiger partial charge in [0.05, 0.1) is 5.92 Å². The lowest BCUT2D eigenvalue weighted by Gasteiger charge is -2.29. The summed E-state index contributed by atoms with van der Waals surface area (Å²) in [6.07, 6.45) is -2.85. The third-order valence-corrected chi connectivity index (χ3v) is 4.64. The molecular weight excluding hydrogens is 277 g/mol. The Morgan fingerprint density at radius 2 is 1.62 bits per heavy atom. The number of aryl methyl sites for hydroxylation is 2. The molecule has 0 unspecified atom stereocenters. The molecule has 0 radical (unpaired) electrons. The Morgan fingerprint density at radius 1 is 1.10 bits per heavy atom. The highest BCUT2D eigenvalue weighted by Crippen LogP contribution is 2.40. The number of Topliss-reactive ketones (excluding diaryl/α,β-unsaturated/α-hetero) is 1. The van der Waals surface area contributed by atoms with Crippen molar-refractivity contribution >= 4 is 5.78 Å². The van der Waals surface area contributed by atoms with Gasteiger partial charge in [-0.2, -0.15) is 13.2 Å². The van der Waals surface area contributed by atoms with Gasteiger partial charge < -0.3 is 0 Å². The van der Waals surface area contributed by atoms with Crippen LogP contribution in [0.25, 0.3) is 0 Å². The first-order chi connectivity index (χ1) is 9.79. The van der Waals surface area contributed by atoms with Crippen molar-refractivity contribution in [1.29, 1.82) is 0 Å². The lowest BCUT2D eigenvalue weighted by molar-refractivity contribution is -0.184. The van der Waals surface area contributed by atoms with Crippen LogP contribution in [0.4, 0.5) is 13.2 Å². The SMILES string of the molecule is Cc1cccc(C)c1CC(=O)C1CCC(C(F)(F)F)CC1. The Hall–Kier alpha value is -1.32. The topological polar surface area (TPSA) is 17.1 Å². The molecule has 21 heavy (non-hydrogen) atoms. The van der Waals surface area contributed by atoms with Crippen molar-refractivity contribution in [3.05, 3.63) is 34.9 Å². The Labute approximate surface area is 123 Å². The summed E-state index contributed by atoms with van der Waals surface area (Å²) < 4.78 is 37.9. The molecule has 2 rings (SSSR count). The Bertz CT molecular complexity index is 491. The Kier molecular flexibility index (Phi) is 4.74. The summed E-state index contributed by atoms with van der Waals surface area (Å²) in [6.45, 7) is 3.94. The van der Waals surface area contributed by atoms with Gasteiger partial charge in [-0.3, -0.25) is 4.79 Å². The second-order valence-electron chi connectivity index (χ2n) is 6.10. The maximum atomic E-state index is 12.6. The van der Waals surface area contributed by atoms with Crippen molar-refractivity contribution in [2.75, 3.05) is 0 Å². The fraction of sp³-hybridized carbons (Fsp3) is 0.588. The Morgan fingerprint density at radius 3 is 2.10 bits per heavy atom. The van der Waals surface area contributed by atoms with Gasteiger partial charge in [0.2, 0.25) is 0 Å². The number of halogens is 3. The highest BCUT2D eigenvalue weighted by molar-refractivity contribution is 5.84. The predicted octanol–water partition coefficient (Wildman–Crippen LogP) is 4.78. The van der Waals surface area contributed by atoms with Crippen molar-refractivity contribution in [1.82, 2.24) is 0 Å². The van der Waals surface area contributed by atoms with Crippen molar-refractivity contribution in [3.8, 4) is 0 Å². The van der Waals surface area contributed by atoms with E-state index < -0.39 is 12.1 Å². The minimum Gasteiger partial charge on any atom is -0.299 e. The van der Waals surface area contributed by atoms with E-state index in [1.165, 1.54) is 0 Å². The number of ketones is 1. The second kappa shape index (κ2) is 6.20. The molecule has 0 atom stereocenters. The van der Waals surface area contributed by atoms with Crippen molar-refractivity contribution in [2.45, 2.75) is 52.1 Å². The Balaban J connectivity index is 1.97. The lowest BCUT2D eigenvalue weighted by atomic mass is 9.78. The normalized spacial score (nSPS) is 23.1. The smallest absolute Gasteiger partial charge is 0.299 e. The van der Waals surface area contributed by atoms with Gasteiger partial charge >= 0.3 is 6.18 Å². The summed E-state index contributed by atoms with van der Waals surface area (Å²) >= 11 is 0. The number of alkyl halides is 3. The summed E-state index contributed by atoms with van der Waals surface area (Å²) in [4.78, 5) is 12.3. The first kappa shape index (κ1) is 16.1. The monoisotopic (exact) mass is 298 g/mol. The molecule has 1 aromatic rings. The van der Waals surface area contributed by atoms with Gasteiger partial charge in [0.1, 0.15) is 5.78 Å². The maximum Gasteiger partial charge on any atom is 0.391 e. The minimum absolute atomic E-state index is 0.0899. The summed E-state index contributed by atoms with van der Waals surface area (Å²) in [6, 6.07) is 5.89. The molecule has 0 bridgehead atoms. The van der Waals surface area contributed by atoms with Crippen molar-refractivity contribution < 1.29 is 18.0 Å². The van der Waals surface area contributed by atoms with Gasteiger partial charge in [0, 0.05) is 12.3 Å². The van der Waals surface area contributed by atoms with E-state index in [-0.39, 0.29) is 24.5 Å². The molecule has 4 heteroatoms. The molecule has 1 aromatic carbocycles. The number of hydrogen-bond acceptors (Lipinski definition) is 1. The average Bonchev–Trinajstić information content (AvgIpc) is 2.42. The first-order valence-electron chi connectivity index (χ1n) is 7.43. The molecule has 1 saturated carbocycles. The molecule has 116 valence electrons. The molecule has 0 spiro atoms. The van der Waals surface area contributed by atoms with Gasteiger partial charge in [0.15, 0.2) is 0 Å². The standard InChI is InChI=1S/C17H21F3O/c1-11-4-3-5-12(2)15(11)10-16(21)13-6-8-14(9-7-13)17(18,19)20/h3-5,13-14H,6-10H2,1-2H3. The highest BCUT2D eigenvalue weighted by Gasteiger charge is 2.42. The van der Waals surface area contributed by atoms with Crippen molar-refractivity contribution in [2.24, 2.45) is 11.8 Å². The zero-order valence-corrected chi connectivity index (χ0v) is 12.5. The van der Waals surface area contributed by atoms with Crippen LogP contribution in [0.1, 0.15) is 42.4 Å². The third-order valence-electron chi connectivity index (χ3n) is 4.64. The van der Waals surface area contributed by atoms with Crippen LogP contribution in [0.15, 0.2) is 18.2 Å². The van der Waals surface area contributed by atoms with Gasteiger partial charge in [0.25, 0.3) is 0 Å². The molecule has 0 saturated heterocycles. The van der Waals surface area contributed by atoms with Gasteiger partial charge in [-0.25, -0.2) is 0 Å².